The molecule has 0 radical (unpaired) electrons. The second-order valence-electron chi connectivity index (χ2n) is 15.0. The predicted molar refractivity (Wildman–Crippen MR) is 142 cm³/mol. The van der Waals surface area contributed by atoms with Gasteiger partial charge in [0.05, 0.1) is 6.10 Å². The van der Waals surface area contributed by atoms with E-state index < -0.39 is 0 Å². The van der Waals surface area contributed by atoms with E-state index >= 15 is 0 Å². The fraction of sp³-hybridized carbons (Fsp3) is 0.875. The topological polar surface area (TPSA) is 20.2 Å². The van der Waals surface area contributed by atoms with Crippen LogP contribution in [0.15, 0.2) is 23.8 Å². The van der Waals surface area contributed by atoms with Gasteiger partial charge in [-0.2, -0.15) is 0 Å². The van der Waals surface area contributed by atoms with Crippen molar-refractivity contribution in [3.8, 4) is 0 Å². The van der Waals surface area contributed by atoms with Gasteiger partial charge in [0.2, 0.25) is 0 Å². The molecule has 188 valence electrons. The van der Waals surface area contributed by atoms with Gasteiger partial charge in [-0.15, -0.1) is 0 Å². The van der Waals surface area contributed by atoms with E-state index in [0.29, 0.717) is 22.2 Å². The van der Waals surface area contributed by atoms with Crippen molar-refractivity contribution in [3.05, 3.63) is 23.8 Å². The molecule has 0 unspecified atom stereocenters. The van der Waals surface area contributed by atoms with E-state index in [1.54, 1.807) is 0 Å². The van der Waals surface area contributed by atoms with Gasteiger partial charge in [-0.3, -0.25) is 0 Å². The third-order valence-corrected chi connectivity index (χ3v) is 12.9. The SMILES string of the molecule is C=C(C)C(C)(C)CC[C@@H](C)[C@H]1CC[C@@]2(C)C3=CC[C@H]4C(C)(C)[C@H](O)CC[C@]4(C)[C@H]3CC[C@]12C. The molecule has 3 fully saturated rings. The second kappa shape index (κ2) is 7.97. The summed E-state index contributed by atoms with van der Waals surface area (Å²) in [4.78, 5) is 0. The van der Waals surface area contributed by atoms with Crippen LogP contribution < -0.4 is 0 Å². The average Bonchev–Trinajstić information content (AvgIpc) is 3.01. The van der Waals surface area contributed by atoms with E-state index in [0.717, 1.165) is 24.2 Å². The van der Waals surface area contributed by atoms with Crippen molar-refractivity contribution in [1.29, 1.82) is 0 Å². The average molecular weight is 455 g/mol. The fourth-order valence-electron chi connectivity index (χ4n) is 9.66. The summed E-state index contributed by atoms with van der Waals surface area (Å²) in [6.45, 7) is 26.4. The highest BCUT2D eigenvalue weighted by Gasteiger charge is 2.65. The molecule has 0 amide bonds. The number of hydrogen-bond donors (Lipinski definition) is 1. The van der Waals surface area contributed by atoms with Crippen LogP contribution in [0.2, 0.25) is 0 Å². The van der Waals surface area contributed by atoms with Gasteiger partial charge in [0, 0.05) is 0 Å². The molecule has 8 atom stereocenters. The molecule has 0 spiro atoms. The molecule has 0 aromatic heterocycles. The van der Waals surface area contributed by atoms with Crippen LogP contribution in [0.5, 0.6) is 0 Å². The van der Waals surface area contributed by atoms with Crippen LogP contribution in [0.25, 0.3) is 0 Å². The van der Waals surface area contributed by atoms with Crippen LogP contribution in [-0.4, -0.2) is 11.2 Å². The molecule has 0 aromatic carbocycles. The third-order valence-electron chi connectivity index (χ3n) is 12.9. The lowest BCUT2D eigenvalue weighted by molar-refractivity contribution is -0.131. The smallest absolute Gasteiger partial charge is 0.0594 e. The molecule has 1 heteroatoms. The number of fused-ring (bicyclic) bond motifs is 5. The van der Waals surface area contributed by atoms with Crippen LogP contribution in [0.1, 0.15) is 120 Å². The molecule has 0 saturated heterocycles. The van der Waals surface area contributed by atoms with E-state index in [4.69, 9.17) is 0 Å². The standard InChI is InChI=1S/C32H54O/c1-21(2)28(4,5)17-13-22(3)23-14-19-32(10)25-11-12-26-29(6,7)27(33)16-18-30(26,8)24(25)15-20-31(23,32)9/h11,22-24,26-27,33H,1,12-20H2,2-10H3/t22-,23-,24+,26+,27-,30-,31-,32+/m1/s1. The van der Waals surface area contributed by atoms with Gasteiger partial charge >= 0.3 is 0 Å². The Hall–Kier alpha value is -0.560. The van der Waals surface area contributed by atoms with Gasteiger partial charge in [-0.05, 0) is 115 Å². The predicted octanol–water partition coefficient (Wildman–Crippen LogP) is 8.97. The van der Waals surface area contributed by atoms with Gasteiger partial charge in [-0.25, -0.2) is 0 Å². The van der Waals surface area contributed by atoms with Crippen molar-refractivity contribution in [2.75, 3.05) is 0 Å². The van der Waals surface area contributed by atoms with Crippen molar-refractivity contribution in [3.63, 3.8) is 0 Å². The number of aliphatic hydroxyl groups excluding tert-OH is 1. The normalized spacial score (nSPS) is 45.5. The monoisotopic (exact) mass is 454 g/mol. The first-order valence-electron chi connectivity index (χ1n) is 14.2. The van der Waals surface area contributed by atoms with Crippen molar-refractivity contribution in [2.24, 2.45) is 50.7 Å². The first-order chi connectivity index (χ1) is 15.1. The van der Waals surface area contributed by atoms with E-state index in [2.05, 4.69) is 75.0 Å². The van der Waals surface area contributed by atoms with Gasteiger partial charge < -0.3 is 5.11 Å². The molecule has 4 rings (SSSR count). The Bertz CT molecular complexity index is 816. The zero-order valence-electron chi connectivity index (χ0n) is 23.5. The van der Waals surface area contributed by atoms with Crippen LogP contribution in [0, 0.1) is 50.7 Å². The van der Waals surface area contributed by atoms with Gasteiger partial charge in [0.1, 0.15) is 0 Å². The Morgan fingerprint density at radius 3 is 2.39 bits per heavy atom. The first-order valence-corrected chi connectivity index (χ1v) is 14.2. The maximum atomic E-state index is 10.8. The number of aliphatic hydroxyl groups is 1. The van der Waals surface area contributed by atoms with Crippen LogP contribution >= 0.6 is 0 Å². The van der Waals surface area contributed by atoms with E-state index in [1.807, 2.05) is 5.57 Å². The molecule has 0 aliphatic heterocycles. The highest BCUT2D eigenvalue weighted by molar-refractivity contribution is 5.33. The summed E-state index contributed by atoms with van der Waals surface area (Å²) in [6, 6.07) is 0. The maximum absolute atomic E-state index is 10.8. The largest absolute Gasteiger partial charge is 0.393 e. The molecule has 4 aliphatic rings. The van der Waals surface area contributed by atoms with Gasteiger partial charge in [0.15, 0.2) is 0 Å². The zero-order chi connectivity index (χ0) is 24.6. The lowest BCUT2D eigenvalue weighted by Gasteiger charge is -2.64. The summed E-state index contributed by atoms with van der Waals surface area (Å²) in [5.41, 5.74) is 4.57. The highest BCUT2D eigenvalue weighted by Crippen LogP contribution is 2.73. The molecular weight excluding hydrogens is 400 g/mol. The van der Waals surface area contributed by atoms with Crippen LogP contribution in [-0.2, 0) is 0 Å². The molecule has 0 aromatic rings. The van der Waals surface area contributed by atoms with Gasteiger partial charge in [0.25, 0.3) is 0 Å². The summed E-state index contributed by atoms with van der Waals surface area (Å²) in [6.07, 6.45) is 14.0. The Balaban J connectivity index is 1.60. The van der Waals surface area contributed by atoms with Crippen LogP contribution in [0.4, 0.5) is 0 Å². The van der Waals surface area contributed by atoms with Gasteiger partial charge in [-0.1, -0.05) is 79.2 Å². The molecule has 4 aliphatic carbocycles. The van der Waals surface area contributed by atoms with E-state index in [-0.39, 0.29) is 16.9 Å². The second-order valence-corrected chi connectivity index (χ2v) is 15.0. The number of allylic oxidation sites excluding steroid dienone is 3. The van der Waals surface area contributed by atoms with Crippen molar-refractivity contribution >= 4 is 0 Å². The minimum Gasteiger partial charge on any atom is -0.393 e. The van der Waals surface area contributed by atoms with Crippen molar-refractivity contribution in [1.82, 2.24) is 0 Å². The van der Waals surface area contributed by atoms with Crippen molar-refractivity contribution in [2.45, 2.75) is 126 Å². The lowest BCUT2D eigenvalue weighted by atomic mass is 9.41. The lowest BCUT2D eigenvalue weighted by Crippen LogP contribution is -2.58. The highest BCUT2D eigenvalue weighted by atomic mass is 16.3. The summed E-state index contributed by atoms with van der Waals surface area (Å²) in [5, 5.41) is 10.8. The number of rotatable bonds is 5. The van der Waals surface area contributed by atoms with Crippen molar-refractivity contribution < 1.29 is 5.11 Å². The molecule has 0 heterocycles. The Morgan fingerprint density at radius 1 is 1.09 bits per heavy atom. The maximum Gasteiger partial charge on any atom is 0.0594 e. The minimum absolute atomic E-state index is 0.0273. The Morgan fingerprint density at radius 2 is 1.76 bits per heavy atom. The Kier molecular flexibility index (Phi) is 6.17. The van der Waals surface area contributed by atoms with Crippen LogP contribution in [0.3, 0.4) is 0 Å². The summed E-state index contributed by atoms with van der Waals surface area (Å²) in [5.74, 6) is 2.94. The summed E-state index contributed by atoms with van der Waals surface area (Å²) in [7, 11) is 0. The van der Waals surface area contributed by atoms with E-state index in [1.165, 1.54) is 56.9 Å². The molecule has 33 heavy (non-hydrogen) atoms. The minimum atomic E-state index is -0.143. The molecule has 3 saturated carbocycles. The summed E-state index contributed by atoms with van der Waals surface area (Å²) < 4.78 is 0. The van der Waals surface area contributed by atoms with E-state index in [9.17, 15) is 5.11 Å². The fourth-order valence-corrected chi connectivity index (χ4v) is 9.66. The molecule has 1 N–H and O–H groups in total. The quantitative estimate of drug-likeness (QED) is 0.411. The molecule has 0 bridgehead atoms. The third kappa shape index (κ3) is 3.56. The molecular formula is C32H54O. The zero-order valence-corrected chi connectivity index (χ0v) is 23.5. The first kappa shape index (κ1) is 25.5. The summed E-state index contributed by atoms with van der Waals surface area (Å²) >= 11 is 0. The Labute approximate surface area is 205 Å². The number of hydrogen-bond acceptors (Lipinski definition) is 1. The molecule has 1 nitrogen and oxygen atoms in total.